The zero-order chi connectivity index (χ0) is 15.9. The number of rotatable bonds is 3. The number of carbonyl (C=O) groups is 1. The number of aromatic amines is 1. The van der Waals surface area contributed by atoms with E-state index in [0.29, 0.717) is 16.9 Å². The number of nitrogens with one attached hydrogen (secondary N) is 2. The smallest absolute Gasteiger partial charge is 0.280 e. The monoisotopic (exact) mass is 306 g/mol. The number of amides is 1. The highest BCUT2D eigenvalue weighted by atomic mass is 19.3. The molecule has 0 aromatic carbocycles. The van der Waals surface area contributed by atoms with E-state index in [1.165, 1.54) is 7.05 Å². The van der Waals surface area contributed by atoms with Crippen molar-refractivity contribution in [3.63, 3.8) is 0 Å². The second kappa shape index (κ2) is 5.17. The molecule has 114 valence electrons. The fourth-order valence-corrected chi connectivity index (χ4v) is 2.15. The normalized spacial score (nSPS) is 11.3. The third-order valence-corrected chi connectivity index (χ3v) is 3.12. The summed E-state index contributed by atoms with van der Waals surface area (Å²) in [7, 11) is 1.39. The summed E-state index contributed by atoms with van der Waals surface area (Å²) in [6.45, 7) is 1.66. The minimum Gasteiger partial charge on any atom is -0.346 e. The van der Waals surface area contributed by atoms with Crippen molar-refractivity contribution in [2.75, 3.05) is 5.32 Å². The number of H-pyrrole nitrogens is 1. The Morgan fingerprint density at radius 3 is 2.86 bits per heavy atom. The molecule has 0 unspecified atom stereocenters. The maximum absolute atomic E-state index is 12.7. The number of aromatic nitrogens is 5. The van der Waals surface area contributed by atoms with Crippen molar-refractivity contribution in [1.82, 2.24) is 24.7 Å². The van der Waals surface area contributed by atoms with Crippen LogP contribution in [0.15, 0.2) is 18.3 Å². The minimum atomic E-state index is -2.67. The van der Waals surface area contributed by atoms with E-state index in [1.54, 1.807) is 19.2 Å². The molecule has 0 aliphatic heterocycles. The number of hydrogen-bond donors (Lipinski definition) is 2. The molecular formula is C13H12F2N6O. The number of fused-ring (bicyclic) bond motifs is 1. The number of carbonyl (C=O) groups excluding carboxylic acids is 1. The molecule has 3 heterocycles. The molecule has 3 aromatic heterocycles. The van der Waals surface area contributed by atoms with Gasteiger partial charge in [0.2, 0.25) is 0 Å². The van der Waals surface area contributed by atoms with Crippen LogP contribution in [0.4, 0.5) is 14.6 Å². The van der Waals surface area contributed by atoms with Crippen molar-refractivity contribution in [1.29, 1.82) is 0 Å². The van der Waals surface area contributed by atoms with Gasteiger partial charge in [-0.15, -0.1) is 0 Å². The van der Waals surface area contributed by atoms with E-state index in [-0.39, 0.29) is 17.2 Å². The Balaban J connectivity index is 1.93. The van der Waals surface area contributed by atoms with Gasteiger partial charge in [0.1, 0.15) is 22.9 Å². The second-order valence-electron chi connectivity index (χ2n) is 4.69. The van der Waals surface area contributed by atoms with E-state index in [1.807, 2.05) is 0 Å². The van der Waals surface area contributed by atoms with Gasteiger partial charge in [0, 0.05) is 19.3 Å². The molecule has 3 rings (SSSR count). The predicted molar refractivity (Wildman–Crippen MR) is 74.7 cm³/mol. The van der Waals surface area contributed by atoms with Crippen LogP contribution >= 0.6 is 0 Å². The van der Waals surface area contributed by atoms with E-state index in [4.69, 9.17) is 0 Å². The zero-order valence-electron chi connectivity index (χ0n) is 11.8. The lowest BCUT2D eigenvalue weighted by atomic mass is 10.2. The molecule has 0 spiro atoms. The molecule has 9 heteroatoms. The highest BCUT2D eigenvalue weighted by Crippen LogP contribution is 2.22. The topological polar surface area (TPSA) is 88.5 Å². The Morgan fingerprint density at radius 2 is 2.18 bits per heavy atom. The van der Waals surface area contributed by atoms with Crippen LogP contribution in [0.2, 0.25) is 0 Å². The van der Waals surface area contributed by atoms with Crippen LogP contribution in [0.25, 0.3) is 11.0 Å². The maximum atomic E-state index is 12.7. The van der Waals surface area contributed by atoms with E-state index in [9.17, 15) is 13.6 Å². The first-order valence-corrected chi connectivity index (χ1v) is 6.41. The van der Waals surface area contributed by atoms with Gasteiger partial charge in [-0.25, -0.2) is 18.7 Å². The Morgan fingerprint density at radius 1 is 1.41 bits per heavy atom. The summed E-state index contributed by atoms with van der Waals surface area (Å²) in [4.78, 5) is 23.5. The molecule has 3 aromatic rings. The molecule has 2 N–H and O–H groups in total. The van der Waals surface area contributed by atoms with Crippen LogP contribution in [0.1, 0.15) is 28.4 Å². The summed E-state index contributed by atoms with van der Waals surface area (Å²) in [5, 5.41) is 6.87. The van der Waals surface area contributed by atoms with Crippen LogP contribution < -0.4 is 5.32 Å². The van der Waals surface area contributed by atoms with Gasteiger partial charge in [0.05, 0.1) is 5.39 Å². The van der Waals surface area contributed by atoms with E-state index < -0.39 is 12.3 Å². The lowest BCUT2D eigenvalue weighted by molar-refractivity contribution is 0.102. The molecular weight excluding hydrogens is 294 g/mol. The summed E-state index contributed by atoms with van der Waals surface area (Å²) in [5.41, 5.74) is 0.417. The molecule has 0 fully saturated rings. The number of anilines is 1. The Hall–Kier alpha value is -2.84. The Bertz CT molecular complexity index is 853. The SMILES string of the molecule is Cc1nc(C(=O)Nc2cc(C(F)F)n(C)n2)c2cc[nH]c2n1. The third kappa shape index (κ3) is 2.41. The van der Waals surface area contributed by atoms with Crippen molar-refractivity contribution in [2.45, 2.75) is 13.3 Å². The van der Waals surface area contributed by atoms with Crippen LogP contribution in [0, 0.1) is 6.92 Å². The Labute approximate surface area is 123 Å². The molecule has 0 saturated carbocycles. The minimum absolute atomic E-state index is 0.0442. The fourth-order valence-electron chi connectivity index (χ4n) is 2.15. The highest BCUT2D eigenvalue weighted by molar-refractivity contribution is 6.10. The molecule has 0 aliphatic carbocycles. The van der Waals surface area contributed by atoms with Gasteiger partial charge >= 0.3 is 0 Å². The number of nitrogens with zero attached hydrogens (tertiary/aromatic N) is 4. The van der Waals surface area contributed by atoms with Gasteiger partial charge in [-0.3, -0.25) is 9.48 Å². The predicted octanol–water partition coefficient (Wildman–Crippen LogP) is 2.19. The van der Waals surface area contributed by atoms with Crippen molar-refractivity contribution in [2.24, 2.45) is 7.05 Å². The van der Waals surface area contributed by atoms with Gasteiger partial charge in [-0.1, -0.05) is 0 Å². The quantitative estimate of drug-likeness (QED) is 0.776. The third-order valence-electron chi connectivity index (χ3n) is 3.12. The summed E-state index contributed by atoms with van der Waals surface area (Å²) in [5.74, 6) is -0.0637. The van der Waals surface area contributed by atoms with Crippen molar-refractivity contribution < 1.29 is 13.6 Å². The van der Waals surface area contributed by atoms with Crippen molar-refractivity contribution in [3.05, 3.63) is 35.5 Å². The summed E-state index contributed by atoms with van der Waals surface area (Å²) < 4.78 is 26.5. The molecule has 0 aliphatic rings. The first-order chi connectivity index (χ1) is 10.5. The molecule has 22 heavy (non-hydrogen) atoms. The molecule has 0 radical (unpaired) electrons. The number of hydrogen-bond acceptors (Lipinski definition) is 4. The lowest BCUT2D eigenvalue weighted by Crippen LogP contribution is -2.15. The largest absolute Gasteiger partial charge is 0.346 e. The van der Waals surface area contributed by atoms with Gasteiger partial charge in [0.25, 0.3) is 12.3 Å². The lowest BCUT2D eigenvalue weighted by Gasteiger charge is -2.03. The standard InChI is InChI=1S/C13H12F2N6O/c1-6-17-10(7-3-4-16-12(7)18-6)13(22)19-9-5-8(11(14)15)21(2)20-9/h3-5,11H,1-2H3,(H,16,17,18)(H,19,20,22). The zero-order valence-corrected chi connectivity index (χ0v) is 11.8. The van der Waals surface area contributed by atoms with Crippen LogP contribution in [-0.4, -0.2) is 30.6 Å². The second-order valence-corrected chi connectivity index (χ2v) is 4.69. The van der Waals surface area contributed by atoms with E-state index in [0.717, 1.165) is 10.7 Å². The number of alkyl halides is 2. The molecule has 1 amide bonds. The van der Waals surface area contributed by atoms with Crippen LogP contribution in [0.5, 0.6) is 0 Å². The van der Waals surface area contributed by atoms with E-state index in [2.05, 4.69) is 25.4 Å². The van der Waals surface area contributed by atoms with Gasteiger partial charge in [-0.05, 0) is 13.0 Å². The van der Waals surface area contributed by atoms with Crippen molar-refractivity contribution >= 4 is 22.8 Å². The highest BCUT2D eigenvalue weighted by Gasteiger charge is 2.19. The molecule has 0 atom stereocenters. The van der Waals surface area contributed by atoms with Crippen LogP contribution in [0.3, 0.4) is 0 Å². The Kier molecular flexibility index (Phi) is 3.32. The van der Waals surface area contributed by atoms with Gasteiger partial charge in [0.15, 0.2) is 5.82 Å². The molecule has 7 nitrogen and oxygen atoms in total. The van der Waals surface area contributed by atoms with Crippen molar-refractivity contribution in [3.8, 4) is 0 Å². The summed E-state index contributed by atoms with van der Waals surface area (Å²) >= 11 is 0. The number of halogens is 2. The first-order valence-electron chi connectivity index (χ1n) is 6.41. The first kappa shape index (κ1) is 14.1. The number of aryl methyl sites for hydroxylation is 2. The molecule has 0 bridgehead atoms. The average molecular weight is 306 g/mol. The average Bonchev–Trinajstić information content (AvgIpc) is 3.03. The fraction of sp³-hybridized carbons (Fsp3) is 0.231. The van der Waals surface area contributed by atoms with E-state index >= 15 is 0 Å². The van der Waals surface area contributed by atoms with Gasteiger partial charge < -0.3 is 10.3 Å². The molecule has 0 saturated heterocycles. The van der Waals surface area contributed by atoms with Crippen LogP contribution in [-0.2, 0) is 7.05 Å². The van der Waals surface area contributed by atoms with Gasteiger partial charge in [-0.2, -0.15) is 5.10 Å². The summed E-state index contributed by atoms with van der Waals surface area (Å²) in [6, 6.07) is 2.80. The maximum Gasteiger partial charge on any atom is 0.280 e. The summed E-state index contributed by atoms with van der Waals surface area (Å²) in [6.07, 6.45) is -1.02.